The summed E-state index contributed by atoms with van der Waals surface area (Å²) < 4.78 is 24.2. The van der Waals surface area contributed by atoms with E-state index in [1.54, 1.807) is 25.5 Å². The minimum Gasteiger partial charge on any atom is -0.383 e. The van der Waals surface area contributed by atoms with Crippen LogP contribution in [0.15, 0.2) is 35.1 Å². The normalized spacial score (nSPS) is 12.6. The molecule has 0 fully saturated rings. The molecule has 0 amide bonds. The third-order valence-electron chi connectivity index (χ3n) is 3.86. The first-order valence-electron chi connectivity index (χ1n) is 6.66. The molecule has 6 heteroatoms. The Kier molecular flexibility index (Phi) is 3.84. The number of pyridine rings is 1. The first kappa shape index (κ1) is 15.6. The van der Waals surface area contributed by atoms with Gasteiger partial charge in [-0.1, -0.05) is 18.2 Å². The van der Waals surface area contributed by atoms with Crippen molar-refractivity contribution in [3.8, 4) is 0 Å². The molecule has 2 rings (SSSR count). The molecule has 1 aromatic heterocycles. The topological polar surface area (TPSA) is 68.2 Å². The van der Waals surface area contributed by atoms with Gasteiger partial charge in [-0.15, -0.1) is 0 Å². The van der Waals surface area contributed by atoms with Gasteiger partial charge in [0.1, 0.15) is 0 Å². The number of aryl methyl sites for hydroxylation is 1. The highest BCUT2D eigenvalue weighted by Gasteiger charge is 2.30. The first-order chi connectivity index (χ1) is 9.63. The predicted octanol–water partition coefficient (Wildman–Crippen LogP) is 1.77. The van der Waals surface area contributed by atoms with E-state index < -0.39 is 14.6 Å². The number of sulfone groups is 1. The second-order valence-electron chi connectivity index (χ2n) is 5.86. The summed E-state index contributed by atoms with van der Waals surface area (Å²) in [6.07, 6.45) is 1.22. The number of anilines is 1. The van der Waals surface area contributed by atoms with Crippen molar-refractivity contribution in [2.24, 2.45) is 7.05 Å². The average molecular weight is 308 g/mol. The summed E-state index contributed by atoms with van der Waals surface area (Å²) in [6, 6.07) is 9.03. The molecule has 5 nitrogen and oxygen atoms in total. The maximum Gasteiger partial charge on any atom is 0.252 e. The van der Waals surface area contributed by atoms with Crippen molar-refractivity contribution in [2.75, 3.05) is 18.1 Å². The molecule has 0 atom stereocenters. The van der Waals surface area contributed by atoms with Gasteiger partial charge in [-0.25, -0.2) is 8.42 Å². The van der Waals surface area contributed by atoms with Crippen LogP contribution in [0.1, 0.15) is 13.8 Å². The molecular formula is C15H20N2O3S. The summed E-state index contributed by atoms with van der Waals surface area (Å²) in [5.41, 5.74) is 1.34. The molecule has 0 saturated heterocycles. The Labute approximate surface area is 124 Å². The number of hydrogen-bond acceptors (Lipinski definition) is 4. The number of aromatic nitrogens is 1. The van der Waals surface area contributed by atoms with Crippen LogP contribution in [-0.4, -0.2) is 30.5 Å². The largest absolute Gasteiger partial charge is 0.383 e. The van der Waals surface area contributed by atoms with E-state index in [0.717, 1.165) is 10.9 Å². The van der Waals surface area contributed by atoms with Crippen LogP contribution in [0, 0.1) is 0 Å². The molecule has 0 unspecified atom stereocenters. The molecule has 114 valence electrons. The van der Waals surface area contributed by atoms with Gasteiger partial charge in [0.05, 0.1) is 10.3 Å². The van der Waals surface area contributed by atoms with Crippen LogP contribution in [0.25, 0.3) is 10.9 Å². The molecule has 0 aliphatic heterocycles. The van der Waals surface area contributed by atoms with E-state index in [0.29, 0.717) is 5.69 Å². The van der Waals surface area contributed by atoms with E-state index in [9.17, 15) is 13.2 Å². The molecule has 0 bridgehead atoms. The van der Waals surface area contributed by atoms with Crippen LogP contribution in [0.3, 0.4) is 0 Å². The lowest BCUT2D eigenvalue weighted by Crippen LogP contribution is -2.38. The summed E-state index contributed by atoms with van der Waals surface area (Å²) in [6.45, 7) is 3.57. The van der Waals surface area contributed by atoms with Gasteiger partial charge >= 0.3 is 0 Å². The van der Waals surface area contributed by atoms with Crippen molar-refractivity contribution in [1.29, 1.82) is 0 Å². The fraction of sp³-hybridized carbons (Fsp3) is 0.400. The van der Waals surface area contributed by atoms with E-state index in [1.165, 1.54) is 12.3 Å². The number of nitrogens with zero attached hydrogens (tertiary/aromatic N) is 1. The van der Waals surface area contributed by atoms with E-state index in [1.807, 2.05) is 24.3 Å². The van der Waals surface area contributed by atoms with Crippen molar-refractivity contribution < 1.29 is 8.42 Å². The molecule has 1 heterocycles. The molecule has 0 aliphatic rings. The molecule has 0 radical (unpaired) electrons. The zero-order valence-electron chi connectivity index (χ0n) is 12.7. The standard InChI is InChI=1S/C15H20N2O3S/c1-15(2,21(4,19)20)10-16-12-9-14(18)17(3)13-8-6-5-7-11(12)13/h5-9,16H,10H2,1-4H3. The van der Waals surface area contributed by atoms with E-state index >= 15 is 0 Å². The van der Waals surface area contributed by atoms with E-state index in [2.05, 4.69) is 5.32 Å². The summed E-state index contributed by atoms with van der Waals surface area (Å²) in [5, 5.41) is 4.00. The summed E-state index contributed by atoms with van der Waals surface area (Å²) in [7, 11) is -1.47. The predicted molar refractivity (Wildman–Crippen MR) is 86.6 cm³/mol. The second kappa shape index (κ2) is 5.18. The fourth-order valence-corrected chi connectivity index (χ4v) is 2.33. The van der Waals surface area contributed by atoms with Crippen LogP contribution in [0.2, 0.25) is 0 Å². The molecular weight excluding hydrogens is 288 g/mol. The summed E-state index contributed by atoms with van der Waals surface area (Å²) in [4.78, 5) is 12.0. The van der Waals surface area contributed by atoms with Crippen LogP contribution < -0.4 is 10.9 Å². The van der Waals surface area contributed by atoms with Crippen molar-refractivity contribution in [3.05, 3.63) is 40.7 Å². The lowest BCUT2D eigenvalue weighted by atomic mass is 10.1. The number of rotatable bonds is 4. The second-order valence-corrected chi connectivity index (χ2v) is 8.51. The Balaban J connectivity index is 2.45. The van der Waals surface area contributed by atoms with Gasteiger partial charge in [-0.05, 0) is 19.9 Å². The van der Waals surface area contributed by atoms with Crippen molar-refractivity contribution in [3.63, 3.8) is 0 Å². The minimum atomic E-state index is -3.19. The fourth-order valence-electron chi connectivity index (χ4n) is 2.00. The number of para-hydroxylation sites is 1. The van der Waals surface area contributed by atoms with Gasteiger partial charge in [-0.3, -0.25) is 4.79 Å². The van der Waals surface area contributed by atoms with Gasteiger partial charge < -0.3 is 9.88 Å². The van der Waals surface area contributed by atoms with Crippen LogP contribution in [0.4, 0.5) is 5.69 Å². The maximum absolute atomic E-state index is 12.0. The van der Waals surface area contributed by atoms with E-state index in [4.69, 9.17) is 0 Å². The zero-order chi connectivity index (χ0) is 15.8. The average Bonchev–Trinajstić information content (AvgIpc) is 2.40. The van der Waals surface area contributed by atoms with Crippen molar-refractivity contribution in [1.82, 2.24) is 4.57 Å². The van der Waals surface area contributed by atoms with Gasteiger partial charge in [0.15, 0.2) is 9.84 Å². The Morgan fingerprint density at radius 3 is 2.48 bits per heavy atom. The highest BCUT2D eigenvalue weighted by Crippen LogP contribution is 2.23. The quantitative estimate of drug-likeness (QED) is 0.935. The van der Waals surface area contributed by atoms with E-state index in [-0.39, 0.29) is 12.1 Å². The van der Waals surface area contributed by atoms with Crippen molar-refractivity contribution in [2.45, 2.75) is 18.6 Å². The highest BCUT2D eigenvalue weighted by molar-refractivity contribution is 7.92. The Morgan fingerprint density at radius 2 is 1.86 bits per heavy atom. The molecule has 21 heavy (non-hydrogen) atoms. The van der Waals surface area contributed by atoms with Crippen molar-refractivity contribution >= 4 is 26.4 Å². The SMILES string of the molecule is Cn1c(=O)cc(NCC(C)(C)S(C)(=O)=O)c2ccccc21. The molecule has 2 aromatic rings. The first-order valence-corrected chi connectivity index (χ1v) is 8.55. The molecule has 1 N–H and O–H groups in total. The molecule has 0 aliphatic carbocycles. The highest BCUT2D eigenvalue weighted by atomic mass is 32.2. The number of nitrogens with one attached hydrogen (secondary N) is 1. The maximum atomic E-state index is 12.0. The third kappa shape index (κ3) is 2.95. The number of hydrogen-bond donors (Lipinski definition) is 1. The van der Waals surface area contributed by atoms with Crippen LogP contribution in [0.5, 0.6) is 0 Å². The number of benzene rings is 1. The summed E-state index contributed by atoms with van der Waals surface area (Å²) >= 11 is 0. The van der Waals surface area contributed by atoms with Gasteiger partial charge in [0.2, 0.25) is 0 Å². The van der Waals surface area contributed by atoms with Crippen LogP contribution >= 0.6 is 0 Å². The lowest BCUT2D eigenvalue weighted by Gasteiger charge is -2.24. The zero-order valence-corrected chi connectivity index (χ0v) is 13.5. The van der Waals surface area contributed by atoms with Gasteiger partial charge in [0, 0.05) is 37.0 Å². The Bertz CT molecular complexity index is 836. The Morgan fingerprint density at radius 1 is 1.24 bits per heavy atom. The minimum absolute atomic E-state index is 0.131. The monoisotopic (exact) mass is 308 g/mol. The smallest absolute Gasteiger partial charge is 0.252 e. The number of fused-ring (bicyclic) bond motifs is 1. The third-order valence-corrected chi connectivity index (χ3v) is 6.01. The lowest BCUT2D eigenvalue weighted by molar-refractivity contribution is 0.560. The Hall–Kier alpha value is -1.82. The van der Waals surface area contributed by atoms with Gasteiger partial charge in [-0.2, -0.15) is 0 Å². The summed E-state index contributed by atoms with van der Waals surface area (Å²) in [5.74, 6) is 0. The van der Waals surface area contributed by atoms with Gasteiger partial charge in [0.25, 0.3) is 5.56 Å². The van der Waals surface area contributed by atoms with Crippen LogP contribution in [-0.2, 0) is 16.9 Å². The molecule has 1 aromatic carbocycles. The molecule has 0 spiro atoms. The molecule has 0 saturated carbocycles.